The van der Waals surface area contributed by atoms with Crippen LogP contribution < -0.4 is 9.64 Å². The summed E-state index contributed by atoms with van der Waals surface area (Å²) in [4.78, 5) is 13.2. The average Bonchev–Trinajstić information content (AvgIpc) is 3.04. The van der Waals surface area contributed by atoms with Crippen molar-refractivity contribution >= 4 is 23.3 Å². The first kappa shape index (κ1) is 17.1. The minimum absolute atomic E-state index is 0.00579. The summed E-state index contributed by atoms with van der Waals surface area (Å²) in [5.41, 5.74) is 1.41. The highest BCUT2D eigenvalue weighted by Crippen LogP contribution is 2.34. The van der Waals surface area contributed by atoms with Crippen molar-refractivity contribution in [1.29, 1.82) is 5.26 Å². The molecule has 0 saturated carbocycles. The van der Waals surface area contributed by atoms with Gasteiger partial charge >= 0.3 is 5.97 Å². The zero-order chi connectivity index (χ0) is 17.8. The van der Waals surface area contributed by atoms with Crippen LogP contribution in [0.25, 0.3) is 0 Å². The quantitative estimate of drug-likeness (QED) is 0.856. The summed E-state index contributed by atoms with van der Waals surface area (Å²) in [6.45, 7) is 0.832. The van der Waals surface area contributed by atoms with Crippen molar-refractivity contribution in [3.05, 3.63) is 53.1 Å². The normalized spacial score (nSPS) is 16.5. The van der Waals surface area contributed by atoms with Gasteiger partial charge in [-0.15, -0.1) is 0 Å². The van der Waals surface area contributed by atoms with E-state index in [9.17, 15) is 4.79 Å². The third-order valence-electron chi connectivity index (χ3n) is 4.23. The second-order valence-electron chi connectivity index (χ2n) is 5.94. The van der Waals surface area contributed by atoms with Gasteiger partial charge in [-0.3, -0.25) is 4.79 Å². The van der Waals surface area contributed by atoms with Gasteiger partial charge in [-0.2, -0.15) is 5.26 Å². The predicted molar refractivity (Wildman–Crippen MR) is 95.3 cm³/mol. The monoisotopic (exact) mass is 356 g/mol. The Kier molecular flexibility index (Phi) is 5.11. The van der Waals surface area contributed by atoms with Crippen molar-refractivity contribution in [3.63, 3.8) is 0 Å². The van der Waals surface area contributed by atoms with Crippen LogP contribution in [0, 0.1) is 11.3 Å². The number of rotatable bonds is 5. The van der Waals surface area contributed by atoms with E-state index >= 15 is 0 Å². The third kappa shape index (κ3) is 4.04. The lowest BCUT2D eigenvalue weighted by Gasteiger charge is -2.26. The van der Waals surface area contributed by atoms with Gasteiger partial charge in [-0.25, -0.2) is 0 Å². The van der Waals surface area contributed by atoms with Crippen LogP contribution in [0.2, 0.25) is 5.02 Å². The molecule has 0 aromatic heterocycles. The molecule has 2 aromatic rings. The Morgan fingerprint density at radius 2 is 2.20 bits per heavy atom. The van der Waals surface area contributed by atoms with Gasteiger partial charge in [0.05, 0.1) is 23.1 Å². The van der Waals surface area contributed by atoms with E-state index in [-0.39, 0.29) is 12.5 Å². The van der Waals surface area contributed by atoms with E-state index in [2.05, 4.69) is 4.90 Å². The smallest absolute Gasteiger partial charge is 0.305 e. The number of aliphatic carboxylic acids is 1. The van der Waals surface area contributed by atoms with Crippen LogP contribution >= 0.6 is 11.6 Å². The lowest BCUT2D eigenvalue weighted by molar-refractivity contribution is -0.137. The maximum absolute atomic E-state index is 11.0. The van der Waals surface area contributed by atoms with E-state index in [4.69, 9.17) is 26.7 Å². The highest BCUT2D eigenvalue weighted by molar-refractivity contribution is 6.32. The fourth-order valence-corrected chi connectivity index (χ4v) is 3.31. The second kappa shape index (κ2) is 7.45. The maximum Gasteiger partial charge on any atom is 0.305 e. The van der Waals surface area contributed by atoms with Crippen molar-refractivity contribution in [2.24, 2.45) is 0 Å². The molecular formula is C19H17ClN2O3. The van der Waals surface area contributed by atoms with Gasteiger partial charge in [0, 0.05) is 24.3 Å². The van der Waals surface area contributed by atoms with Crippen LogP contribution in [0.5, 0.6) is 11.5 Å². The summed E-state index contributed by atoms with van der Waals surface area (Å²) in [5.74, 6) is 0.306. The Balaban J connectivity index is 1.80. The molecule has 1 fully saturated rings. The molecule has 6 heteroatoms. The summed E-state index contributed by atoms with van der Waals surface area (Å²) < 4.78 is 5.84. The van der Waals surface area contributed by atoms with Gasteiger partial charge < -0.3 is 14.7 Å². The molecule has 5 nitrogen and oxygen atoms in total. The number of hydrogen-bond donors (Lipinski definition) is 1. The average molecular weight is 357 g/mol. The summed E-state index contributed by atoms with van der Waals surface area (Å²) in [6.07, 6.45) is 1.98. The minimum atomic E-state index is -0.784. The Bertz CT molecular complexity index is 832. The summed E-state index contributed by atoms with van der Waals surface area (Å²) in [5, 5.41) is 18.3. The molecule has 1 aliphatic rings. The molecule has 0 radical (unpaired) electrons. The standard InChI is InChI=1S/C19H17ClN2O3/c20-17-9-13(12-21)6-7-18(17)25-16-5-1-3-14(10-16)22-8-2-4-15(22)11-19(23)24/h1,3,5-7,9-10,15H,2,4,8,11H2,(H,23,24). The number of benzene rings is 2. The van der Waals surface area contributed by atoms with Crippen LogP contribution in [0.3, 0.4) is 0 Å². The topological polar surface area (TPSA) is 73.6 Å². The van der Waals surface area contributed by atoms with Crippen LogP contribution in [0.15, 0.2) is 42.5 Å². The first-order valence-electron chi connectivity index (χ1n) is 8.03. The molecular weight excluding hydrogens is 340 g/mol. The summed E-state index contributed by atoms with van der Waals surface area (Å²) in [7, 11) is 0. The molecule has 0 spiro atoms. The van der Waals surface area contributed by atoms with Crippen LogP contribution in [0.1, 0.15) is 24.8 Å². The second-order valence-corrected chi connectivity index (χ2v) is 6.35. The molecule has 1 saturated heterocycles. The fourth-order valence-electron chi connectivity index (χ4n) is 3.10. The van der Waals surface area contributed by atoms with Gasteiger partial charge in [-0.1, -0.05) is 17.7 Å². The molecule has 1 N–H and O–H groups in total. The van der Waals surface area contributed by atoms with E-state index in [1.54, 1.807) is 18.2 Å². The first-order valence-corrected chi connectivity index (χ1v) is 8.40. The number of anilines is 1. The van der Waals surface area contributed by atoms with E-state index in [1.807, 2.05) is 30.3 Å². The molecule has 0 bridgehead atoms. The Labute approximate surface area is 151 Å². The zero-order valence-electron chi connectivity index (χ0n) is 13.5. The van der Waals surface area contributed by atoms with Crippen LogP contribution in [0.4, 0.5) is 5.69 Å². The van der Waals surface area contributed by atoms with Crippen LogP contribution in [-0.2, 0) is 4.79 Å². The van der Waals surface area contributed by atoms with Gasteiger partial charge in [0.1, 0.15) is 11.5 Å². The van der Waals surface area contributed by atoms with E-state index in [0.29, 0.717) is 22.1 Å². The van der Waals surface area contributed by atoms with Crippen LogP contribution in [-0.4, -0.2) is 23.7 Å². The summed E-state index contributed by atoms with van der Waals surface area (Å²) >= 11 is 6.15. The highest BCUT2D eigenvalue weighted by atomic mass is 35.5. The number of nitriles is 1. The minimum Gasteiger partial charge on any atom is -0.481 e. The maximum atomic E-state index is 11.0. The number of carbonyl (C=O) groups is 1. The van der Waals surface area contributed by atoms with Gasteiger partial charge in [0.25, 0.3) is 0 Å². The molecule has 3 rings (SSSR count). The van der Waals surface area contributed by atoms with Crippen molar-refractivity contribution in [1.82, 2.24) is 0 Å². The molecule has 2 aromatic carbocycles. The predicted octanol–water partition coefficient (Wildman–Crippen LogP) is 4.45. The zero-order valence-corrected chi connectivity index (χ0v) is 14.2. The van der Waals surface area contributed by atoms with Crippen molar-refractivity contribution in [2.45, 2.75) is 25.3 Å². The van der Waals surface area contributed by atoms with E-state index < -0.39 is 5.97 Å². The molecule has 0 aliphatic carbocycles. The van der Waals surface area contributed by atoms with Gasteiger partial charge in [-0.05, 0) is 43.2 Å². The number of carboxylic acid groups (broad SMARTS) is 1. The fraction of sp³-hybridized carbons (Fsp3) is 0.263. The number of carboxylic acids is 1. The number of ether oxygens (including phenoxy) is 1. The number of hydrogen-bond acceptors (Lipinski definition) is 4. The van der Waals surface area contributed by atoms with Crippen molar-refractivity contribution in [2.75, 3.05) is 11.4 Å². The Morgan fingerprint density at radius 3 is 2.92 bits per heavy atom. The molecule has 0 amide bonds. The molecule has 1 aliphatic heterocycles. The largest absolute Gasteiger partial charge is 0.481 e. The molecule has 128 valence electrons. The van der Waals surface area contributed by atoms with Gasteiger partial charge in [0.2, 0.25) is 0 Å². The molecule has 1 unspecified atom stereocenters. The lowest BCUT2D eigenvalue weighted by Crippen LogP contribution is -2.31. The van der Waals surface area contributed by atoms with E-state index in [0.717, 1.165) is 25.1 Å². The Hall–Kier alpha value is -2.71. The SMILES string of the molecule is N#Cc1ccc(Oc2cccc(N3CCCC3CC(=O)O)c2)c(Cl)c1. The first-order chi connectivity index (χ1) is 12.1. The van der Waals surface area contributed by atoms with Crippen molar-refractivity contribution in [3.8, 4) is 17.6 Å². The molecule has 25 heavy (non-hydrogen) atoms. The number of nitrogens with zero attached hydrogens (tertiary/aromatic N) is 2. The summed E-state index contributed by atoms with van der Waals surface area (Å²) in [6, 6.07) is 14.4. The number of halogens is 1. The third-order valence-corrected chi connectivity index (χ3v) is 4.52. The van der Waals surface area contributed by atoms with Crippen molar-refractivity contribution < 1.29 is 14.6 Å². The van der Waals surface area contributed by atoms with E-state index in [1.165, 1.54) is 0 Å². The lowest BCUT2D eigenvalue weighted by atomic mass is 10.1. The molecule has 1 heterocycles. The van der Waals surface area contributed by atoms with Gasteiger partial charge in [0.15, 0.2) is 0 Å². The molecule has 1 atom stereocenters. The Morgan fingerprint density at radius 1 is 1.36 bits per heavy atom. The highest BCUT2D eigenvalue weighted by Gasteiger charge is 2.27.